The number of hydrogen-bond donors (Lipinski definition) is 0. The van der Waals surface area contributed by atoms with E-state index in [0.717, 1.165) is 27.8 Å². The molecule has 9 nitrogen and oxygen atoms in total. The first-order chi connectivity index (χ1) is 16.9. The molecule has 0 fully saturated rings. The molecule has 4 aromatic rings. The summed E-state index contributed by atoms with van der Waals surface area (Å²) in [6.07, 6.45) is -0.831. The van der Waals surface area contributed by atoms with Gasteiger partial charge in [0.1, 0.15) is 5.75 Å². The Bertz CT molecular complexity index is 1470. The Morgan fingerprint density at radius 1 is 1.03 bits per heavy atom. The van der Waals surface area contributed by atoms with E-state index in [0.29, 0.717) is 11.3 Å². The number of amides is 1. The van der Waals surface area contributed by atoms with Gasteiger partial charge in [0, 0.05) is 41.1 Å². The van der Waals surface area contributed by atoms with Gasteiger partial charge in [0.2, 0.25) is 18.0 Å². The van der Waals surface area contributed by atoms with Gasteiger partial charge in [-0.05, 0) is 48.5 Å². The van der Waals surface area contributed by atoms with Gasteiger partial charge in [-0.2, -0.15) is 5.01 Å². The van der Waals surface area contributed by atoms with E-state index in [1.165, 1.54) is 24.1 Å². The van der Waals surface area contributed by atoms with Gasteiger partial charge in [-0.15, -0.1) is 5.10 Å². The zero-order chi connectivity index (χ0) is 24.5. The fraction of sp³-hybridized carbons (Fsp3) is 0.115. The number of fused-ring (bicyclic) bond motifs is 1. The molecule has 5 rings (SSSR count). The minimum Gasteiger partial charge on any atom is -0.497 e. The third-order valence-electron chi connectivity index (χ3n) is 5.69. The molecule has 1 aromatic heterocycles. The topological polar surface area (TPSA) is 107 Å². The molecule has 1 aliphatic heterocycles. The van der Waals surface area contributed by atoms with Crippen molar-refractivity contribution in [3.8, 4) is 17.0 Å². The number of rotatable bonds is 5. The number of para-hydroxylation sites is 1. The van der Waals surface area contributed by atoms with Crippen LogP contribution < -0.4 is 4.74 Å². The molecule has 0 radical (unpaired) electrons. The van der Waals surface area contributed by atoms with Gasteiger partial charge in [-0.3, -0.25) is 14.9 Å². The molecule has 9 heteroatoms. The molecular formula is C26H20N4O5. The quantitative estimate of drug-likeness (QED) is 0.299. The number of aromatic nitrogens is 1. The molecule has 174 valence electrons. The van der Waals surface area contributed by atoms with Crippen LogP contribution in [0.1, 0.15) is 24.3 Å². The normalized spacial score (nSPS) is 15.0. The Morgan fingerprint density at radius 2 is 1.71 bits per heavy atom. The lowest BCUT2D eigenvalue weighted by molar-refractivity contribution is -0.384. The van der Waals surface area contributed by atoms with Crippen LogP contribution in [0.15, 0.2) is 84.0 Å². The molecule has 1 unspecified atom stereocenters. The molecule has 0 aliphatic carbocycles. The van der Waals surface area contributed by atoms with Crippen LogP contribution in [0.4, 0.5) is 5.69 Å². The number of nitro benzene ring substituents is 1. The zero-order valence-electron chi connectivity index (χ0n) is 18.9. The number of non-ortho nitro benzene ring substituents is 1. The number of benzene rings is 3. The maximum absolute atomic E-state index is 12.5. The molecule has 1 amide bonds. The molecule has 2 heterocycles. The standard InChI is InChI=1S/C26H20N4O5/c1-16(31)29-26(35-25(28-29)18-7-11-19(12-8-18)30(32)33)22-15-24(17-9-13-20(34-2)14-10-17)27-23-6-4-3-5-21(22)23/h3-15,26H,1-2H3. The van der Waals surface area contributed by atoms with E-state index in [1.807, 2.05) is 54.6 Å². The van der Waals surface area contributed by atoms with Crippen LogP contribution in [0.3, 0.4) is 0 Å². The monoisotopic (exact) mass is 468 g/mol. The molecule has 3 aromatic carbocycles. The average molecular weight is 468 g/mol. The second kappa shape index (κ2) is 8.86. The van der Waals surface area contributed by atoms with Crippen LogP contribution in [-0.4, -0.2) is 33.8 Å². The number of hydrogen-bond acceptors (Lipinski definition) is 7. The molecule has 0 saturated heterocycles. The number of carbonyl (C=O) groups excluding carboxylic acids is 1. The fourth-order valence-electron chi connectivity index (χ4n) is 3.93. The highest BCUT2D eigenvalue weighted by Gasteiger charge is 2.35. The molecule has 1 atom stereocenters. The van der Waals surface area contributed by atoms with Crippen molar-refractivity contribution in [2.24, 2.45) is 5.10 Å². The Labute approximate surface area is 200 Å². The first kappa shape index (κ1) is 22.0. The van der Waals surface area contributed by atoms with Crippen LogP contribution in [-0.2, 0) is 9.53 Å². The van der Waals surface area contributed by atoms with Gasteiger partial charge in [-0.1, -0.05) is 18.2 Å². The Kier molecular flexibility index (Phi) is 5.58. The third-order valence-corrected chi connectivity index (χ3v) is 5.69. The summed E-state index contributed by atoms with van der Waals surface area (Å²) in [6, 6.07) is 22.9. The predicted octanol–water partition coefficient (Wildman–Crippen LogP) is 5.06. The number of ether oxygens (including phenoxy) is 2. The lowest BCUT2D eigenvalue weighted by atomic mass is 10.0. The second-order valence-corrected chi connectivity index (χ2v) is 7.89. The smallest absolute Gasteiger partial charge is 0.269 e. The summed E-state index contributed by atoms with van der Waals surface area (Å²) in [4.78, 5) is 27.9. The lowest BCUT2D eigenvalue weighted by Crippen LogP contribution is -2.25. The van der Waals surface area contributed by atoms with Crippen LogP contribution >= 0.6 is 0 Å². The van der Waals surface area contributed by atoms with E-state index in [9.17, 15) is 14.9 Å². The van der Waals surface area contributed by atoms with Crippen molar-refractivity contribution in [3.05, 3.63) is 100 Å². The SMILES string of the molecule is COc1ccc(-c2cc(C3OC(c4ccc([N+](=O)[O-])cc4)=NN3C(C)=O)c3ccccc3n2)cc1. The number of nitro groups is 1. The summed E-state index contributed by atoms with van der Waals surface area (Å²) in [5, 5.41) is 17.5. The highest BCUT2D eigenvalue weighted by Crippen LogP contribution is 2.36. The van der Waals surface area contributed by atoms with Crippen molar-refractivity contribution in [2.75, 3.05) is 7.11 Å². The summed E-state index contributed by atoms with van der Waals surface area (Å²) in [7, 11) is 1.61. The van der Waals surface area contributed by atoms with Crippen molar-refractivity contribution in [2.45, 2.75) is 13.2 Å². The van der Waals surface area contributed by atoms with Crippen molar-refractivity contribution < 1.29 is 19.2 Å². The van der Waals surface area contributed by atoms with E-state index in [2.05, 4.69) is 5.10 Å². The van der Waals surface area contributed by atoms with Crippen molar-refractivity contribution >= 4 is 28.4 Å². The maximum atomic E-state index is 12.5. The zero-order valence-corrected chi connectivity index (χ0v) is 18.9. The van der Waals surface area contributed by atoms with Crippen LogP contribution in [0, 0.1) is 10.1 Å². The molecule has 0 N–H and O–H groups in total. The second-order valence-electron chi connectivity index (χ2n) is 7.89. The van der Waals surface area contributed by atoms with Crippen LogP contribution in [0.5, 0.6) is 5.75 Å². The van der Waals surface area contributed by atoms with Crippen LogP contribution in [0.2, 0.25) is 0 Å². The Morgan fingerprint density at radius 3 is 2.37 bits per heavy atom. The first-order valence-electron chi connectivity index (χ1n) is 10.8. The number of pyridine rings is 1. The van der Waals surface area contributed by atoms with E-state index in [4.69, 9.17) is 14.5 Å². The first-order valence-corrected chi connectivity index (χ1v) is 10.8. The summed E-state index contributed by atoms with van der Waals surface area (Å²) in [5.41, 5.74) is 3.53. The molecular weight excluding hydrogens is 448 g/mol. The number of methoxy groups -OCH3 is 1. The predicted molar refractivity (Wildman–Crippen MR) is 130 cm³/mol. The van der Waals surface area contributed by atoms with Crippen molar-refractivity contribution in [1.82, 2.24) is 9.99 Å². The fourth-order valence-corrected chi connectivity index (χ4v) is 3.93. The van der Waals surface area contributed by atoms with Crippen molar-refractivity contribution in [1.29, 1.82) is 0 Å². The highest BCUT2D eigenvalue weighted by atomic mass is 16.6. The van der Waals surface area contributed by atoms with E-state index >= 15 is 0 Å². The number of carbonyl (C=O) groups is 1. The number of hydrazone groups is 1. The summed E-state index contributed by atoms with van der Waals surface area (Å²) in [6.45, 7) is 1.41. The van der Waals surface area contributed by atoms with Gasteiger partial charge in [0.15, 0.2) is 0 Å². The van der Waals surface area contributed by atoms with Crippen LogP contribution in [0.25, 0.3) is 22.2 Å². The minimum atomic E-state index is -0.831. The third kappa shape index (κ3) is 4.15. The van der Waals surface area contributed by atoms with Gasteiger partial charge in [0.05, 0.1) is 23.2 Å². The van der Waals surface area contributed by atoms with Gasteiger partial charge in [0.25, 0.3) is 5.69 Å². The summed E-state index contributed by atoms with van der Waals surface area (Å²) >= 11 is 0. The summed E-state index contributed by atoms with van der Waals surface area (Å²) < 4.78 is 11.4. The lowest BCUT2D eigenvalue weighted by Gasteiger charge is -2.21. The molecule has 1 aliphatic rings. The molecule has 0 bridgehead atoms. The Hall–Kier alpha value is -4.79. The van der Waals surface area contributed by atoms with Gasteiger partial charge in [-0.25, -0.2) is 4.98 Å². The van der Waals surface area contributed by atoms with Gasteiger partial charge < -0.3 is 9.47 Å². The molecule has 0 saturated carbocycles. The number of nitrogens with zero attached hydrogens (tertiary/aromatic N) is 4. The van der Waals surface area contributed by atoms with Gasteiger partial charge >= 0.3 is 0 Å². The Balaban J connectivity index is 1.58. The summed E-state index contributed by atoms with van der Waals surface area (Å²) in [5.74, 6) is 0.628. The van der Waals surface area contributed by atoms with Crippen molar-refractivity contribution in [3.63, 3.8) is 0 Å². The molecule has 35 heavy (non-hydrogen) atoms. The largest absolute Gasteiger partial charge is 0.497 e. The average Bonchev–Trinajstić information content (AvgIpc) is 3.34. The van der Waals surface area contributed by atoms with E-state index in [-0.39, 0.29) is 17.5 Å². The highest BCUT2D eigenvalue weighted by molar-refractivity contribution is 5.97. The molecule has 0 spiro atoms. The maximum Gasteiger partial charge on any atom is 0.269 e. The minimum absolute atomic E-state index is 0.0448. The van der Waals surface area contributed by atoms with E-state index in [1.54, 1.807) is 19.2 Å². The van der Waals surface area contributed by atoms with E-state index < -0.39 is 11.2 Å².